The minimum atomic E-state index is -4.90. The SMILES string of the molecule is Cc1cccc2c1C(NCc1cc(C(F)(F)F)cc(C(F)(F)F)c1)CCCN2C(=O)OC(C)C. The average molecular weight is 488 g/mol. The molecular weight excluding hydrogens is 462 g/mol. The zero-order valence-electron chi connectivity index (χ0n) is 19.0. The zero-order valence-corrected chi connectivity index (χ0v) is 19.0. The molecule has 0 spiro atoms. The minimum Gasteiger partial charge on any atom is -0.446 e. The lowest BCUT2D eigenvalue weighted by atomic mass is 9.96. The van der Waals surface area contributed by atoms with Gasteiger partial charge in [-0.05, 0) is 74.6 Å². The van der Waals surface area contributed by atoms with Crippen molar-refractivity contribution < 1.29 is 35.9 Å². The van der Waals surface area contributed by atoms with E-state index in [4.69, 9.17) is 4.74 Å². The summed E-state index contributed by atoms with van der Waals surface area (Å²) in [6.07, 6.45) is -9.53. The van der Waals surface area contributed by atoms with Gasteiger partial charge in [0.2, 0.25) is 0 Å². The van der Waals surface area contributed by atoms with Crippen LogP contribution in [0.2, 0.25) is 0 Å². The molecule has 3 rings (SSSR count). The lowest BCUT2D eigenvalue weighted by Gasteiger charge is -2.26. The van der Waals surface area contributed by atoms with Crippen LogP contribution in [0.25, 0.3) is 0 Å². The lowest BCUT2D eigenvalue weighted by Crippen LogP contribution is -2.34. The van der Waals surface area contributed by atoms with Gasteiger partial charge in [0, 0.05) is 19.1 Å². The topological polar surface area (TPSA) is 41.6 Å². The van der Waals surface area contributed by atoms with Gasteiger partial charge in [0.25, 0.3) is 0 Å². The van der Waals surface area contributed by atoms with Crippen molar-refractivity contribution in [3.8, 4) is 0 Å². The van der Waals surface area contributed by atoms with Crippen LogP contribution in [0.1, 0.15) is 60.5 Å². The van der Waals surface area contributed by atoms with E-state index in [0.29, 0.717) is 25.1 Å². The molecule has 1 N–H and O–H groups in total. The fourth-order valence-corrected chi connectivity index (χ4v) is 4.09. The minimum absolute atomic E-state index is 0.118. The van der Waals surface area contributed by atoms with Gasteiger partial charge in [0.05, 0.1) is 22.9 Å². The van der Waals surface area contributed by atoms with E-state index in [1.165, 1.54) is 4.90 Å². The number of nitrogens with one attached hydrogen (secondary N) is 1. The summed E-state index contributed by atoms with van der Waals surface area (Å²) in [6, 6.07) is 6.58. The Morgan fingerprint density at radius 1 is 1.09 bits per heavy atom. The van der Waals surface area contributed by atoms with Gasteiger partial charge in [-0.1, -0.05) is 12.1 Å². The first-order valence-corrected chi connectivity index (χ1v) is 10.9. The van der Waals surface area contributed by atoms with Crippen LogP contribution < -0.4 is 10.2 Å². The van der Waals surface area contributed by atoms with E-state index in [1.54, 1.807) is 26.0 Å². The van der Waals surface area contributed by atoms with Gasteiger partial charge in [-0.25, -0.2) is 4.79 Å². The summed E-state index contributed by atoms with van der Waals surface area (Å²) >= 11 is 0. The molecule has 1 amide bonds. The largest absolute Gasteiger partial charge is 0.446 e. The van der Waals surface area contributed by atoms with Crippen molar-refractivity contribution in [1.29, 1.82) is 0 Å². The lowest BCUT2D eigenvalue weighted by molar-refractivity contribution is -0.143. The monoisotopic (exact) mass is 488 g/mol. The van der Waals surface area contributed by atoms with Gasteiger partial charge in [-0.2, -0.15) is 26.3 Å². The fourth-order valence-electron chi connectivity index (χ4n) is 4.09. The molecule has 0 aromatic heterocycles. The van der Waals surface area contributed by atoms with E-state index in [9.17, 15) is 31.1 Å². The smallest absolute Gasteiger partial charge is 0.416 e. The molecule has 0 bridgehead atoms. The molecule has 10 heteroatoms. The van der Waals surface area contributed by atoms with Crippen molar-refractivity contribution in [3.05, 3.63) is 64.2 Å². The number of hydrogen-bond donors (Lipinski definition) is 1. The van der Waals surface area contributed by atoms with Gasteiger partial charge in [0.1, 0.15) is 0 Å². The van der Waals surface area contributed by atoms with Gasteiger partial charge >= 0.3 is 18.4 Å². The molecule has 34 heavy (non-hydrogen) atoms. The highest BCUT2D eigenvalue weighted by Crippen LogP contribution is 2.38. The Labute approximate surface area is 193 Å². The summed E-state index contributed by atoms with van der Waals surface area (Å²) in [5.74, 6) is 0. The number of benzene rings is 2. The van der Waals surface area contributed by atoms with Crippen molar-refractivity contribution in [1.82, 2.24) is 5.32 Å². The summed E-state index contributed by atoms with van der Waals surface area (Å²) in [7, 11) is 0. The Morgan fingerprint density at radius 3 is 2.26 bits per heavy atom. The molecule has 0 saturated heterocycles. The number of alkyl halides is 6. The van der Waals surface area contributed by atoms with Crippen LogP contribution in [0.15, 0.2) is 36.4 Å². The van der Waals surface area contributed by atoms with E-state index < -0.39 is 29.6 Å². The summed E-state index contributed by atoms with van der Waals surface area (Å²) in [5.41, 5.74) is -0.598. The van der Waals surface area contributed by atoms with Crippen molar-refractivity contribution >= 4 is 11.8 Å². The summed E-state index contributed by atoms with van der Waals surface area (Å²) in [5, 5.41) is 3.12. The normalized spacial score (nSPS) is 16.9. The molecule has 1 aliphatic rings. The van der Waals surface area contributed by atoms with E-state index >= 15 is 0 Å². The number of ether oxygens (including phenoxy) is 1. The van der Waals surface area contributed by atoms with Crippen molar-refractivity contribution in [3.63, 3.8) is 0 Å². The summed E-state index contributed by atoms with van der Waals surface area (Å²) < 4.78 is 84.6. The van der Waals surface area contributed by atoms with E-state index in [0.717, 1.165) is 23.3 Å². The highest BCUT2D eigenvalue weighted by molar-refractivity contribution is 5.89. The van der Waals surface area contributed by atoms with Gasteiger partial charge in [-0.3, -0.25) is 4.90 Å². The first-order valence-electron chi connectivity index (χ1n) is 10.9. The third-order valence-electron chi connectivity index (χ3n) is 5.57. The Hall–Kier alpha value is -2.75. The number of halogens is 6. The van der Waals surface area contributed by atoms with Gasteiger partial charge in [0.15, 0.2) is 0 Å². The number of nitrogens with zero attached hydrogens (tertiary/aromatic N) is 1. The molecular formula is C24H26F6N2O2. The molecule has 0 saturated carbocycles. The number of hydrogen-bond acceptors (Lipinski definition) is 3. The van der Waals surface area contributed by atoms with Crippen LogP contribution in [0.4, 0.5) is 36.8 Å². The van der Waals surface area contributed by atoms with Gasteiger partial charge in [-0.15, -0.1) is 0 Å². The van der Waals surface area contributed by atoms with Crippen LogP contribution in [-0.2, 0) is 23.6 Å². The highest BCUT2D eigenvalue weighted by atomic mass is 19.4. The van der Waals surface area contributed by atoms with Crippen molar-refractivity contribution in [2.45, 2.75) is 64.7 Å². The third kappa shape index (κ3) is 6.02. The molecule has 1 atom stereocenters. The van der Waals surface area contributed by atoms with Crippen LogP contribution in [0.3, 0.4) is 0 Å². The Morgan fingerprint density at radius 2 is 1.71 bits per heavy atom. The maximum atomic E-state index is 13.2. The van der Waals surface area contributed by atoms with E-state index in [-0.39, 0.29) is 30.3 Å². The average Bonchev–Trinajstić information content (AvgIpc) is 2.90. The molecule has 1 heterocycles. The molecule has 1 aliphatic heterocycles. The van der Waals surface area contributed by atoms with Crippen LogP contribution in [-0.4, -0.2) is 18.7 Å². The first kappa shape index (κ1) is 25.9. The Bertz CT molecular complexity index is 1000. The Balaban J connectivity index is 1.92. The maximum Gasteiger partial charge on any atom is 0.416 e. The van der Waals surface area contributed by atoms with E-state index in [1.807, 2.05) is 13.0 Å². The predicted octanol–water partition coefficient (Wildman–Crippen LogP) is 7.01. The summed E-state index contributed by atoms with van der Waals surface area (Å²) in [4.78, 5) is 14.2. The Kier molecular flexibility index (Phi) is 7.50. The number of fused-ring (bicyclic) bond motifs is 1. The second-order valence-corrected chi connectivity index (χ2v) is 8.58. The van der Waals surface area contributed by atoms with Gasteiger partial charge < -0.3 is 10.1 Å². The third-order valence-corrected chi connectivity index (χ3v) is 5.57. The molecule has 1 unspecified atom stereocenters. The van der Waals surface area contributed by atoms with Crippen LogP contribution >= 0.6 is 0 Å². The molecule has 0 fully saturated rings. The maximum absolute atomic E-state index is 13.2. The molecule has 0 radical (unpaired) electrons. The summed E-state index contributed by atoms with van der Waals surface area (Å²) in [6.45, 7) is 5.49. The number of rotatable bonds is 4. The van der Waals surface area contributed by atoms with E-state index in [2.05, 4.69) is 5.32 Å². The predicted molar refractivity (Wildman–Crippen MR) is 115 cm³/mol. The molecule has 0 aliphatic carbocycles. The number of amides is 1. The second-order valence-electron chi connectivity index (χ2n) is 8.58. The van der Waals surface area contributed by atoms with Crippen LogP contribution in [0.5, 0.6) is 0 Å². The zero-order chi connectivity index (χ0) is 25.3. The number of carbonyl (C=O) groups excluding carboxylic acids is 1. The van der Waals surface area contributed by atoms with Crippen molar-refractivity contribution in [2.24, 2.45) is 0 Å². The standard InChI is InChI=1S/C24H26F6N2O2/c1-14(2)34-22(33)32-9-5-7-19(21-15(3)6-4-8-20(21)32)31-13-16-10-17(23(25,26)27)12-18(11-16)24(28,29)30/h4,6,8,10-12,14,19,31H,5,7,9,13H2,1-3H3. The second kappa shape index (κ2) is 9.85. The quantitative estimate of drug-likeness (QED) is 0.471. The van der Waals surface area contributed by atoms with Crippen LogP contribution in [0, 0.1) is 6.92 Å². The first-order chi connectivity index (χ1) is 15.8. The highest BCUT2D eigenvalue weighted by Gasteiger charge is 2.37. The fraction of sp³-hybridized carbons (Fsp3) is 0.458. The molecule has 186 valence electrons. The molecule has 2 aromatic rings. The number of anilines is 1. The number of aryl methyl sites for hydroxylation is 1. The number of carbonyl (C=O) groups is 1. The molecule has 2 aromatic carbocycles. The van der Waals surface area contributed by atoms with Crippen molar-refractivity contribution in [2.75, 3.05) is 11.4 Å². The molecule has 4 nitrogen and oxygen atoms in total.